The summed E-state index contributed by atoms with van der Waals surface area (Å²) in [6.45, 7) is 13.8. The van der Waals surface area contributed by atoms with Gasteiger partial charge >= 0.3 is 0 Å². The third kappa shape index (κ3) is 5.53. The molecule has 24 heavy (non-hydrogen) atoms. The number of nitrogens with zero attached hydrogens (tertiary/aromatic N) is 3. The molecular formula is C18H29N5O. The first-order chi connectivity index (χ1) is 11.6. The number of morpholine rings is 1. The molecule has 1 aliphatic heterocycles. The molecule has 1 aromatic rings. The van der Waals surface area contributed by atoms with Crippen molar-refractivity contribution in [3.8, 4) is 0 Å². The average molecular weight is 331 g/mol. The van der Waals surface area contributed by atoms with Crippen LogP contribution in [0.15, 0.2) is 36.0 Å². The van der Waals surface area contributed by atoms with Crippen molar-refractivity contribution in [3.63, 3.8) is 0 Å². The Labute approximate surface area is 145 Å². The lowest BCUT2D eigenvalue weighted by Gasteiger charge is -2.36. The number of hydrogen-bond donors (Lipinski definition) is 2. The van der Waals surface area contributed by atoms with Gasteiger partial charge in [-0.3, -0.25) is 0 Å². The number of hydrogen-bond acceptors (Lipinski definition) is 4. The lowest BCUT2D eigenvalue weighted by Crippen LogP contribution is -2.45. The van der Waals surface area contributed by atoms with Crippen LogP contribution in [-0.4, -0.2) is 49.3 Å². The highest BCUT2D eigenvalue weighted by Gasteiger charge is 2.22. The van der Waals surface area contributed by atoms with Crippen LogP contribution >= 0.6 is 0 Å². The second kappa shape index (κ2) is 9.27. The topological polar surface area (TPSA) is 61.8 Å². The Morgan fingerprint density at radius 1 is 1.38 bits per heavy atom. The Hall–Kier alpha value is -2.08. The van der Waals surface area contributed by atoms with Crippen LogP contribution in [0.1, 0.15) is 26.3 Å². The molecule has 1 fully saturated rings. The molecule has 0 spiro atoms. The number of guanidine groups is 1. The zero-order valence-electron chi connectivity index (χ0n) is 15.0. The van der Waals surface area contributed by atoms with E-state index in [2.05, 4.69) is 58.1 Å². The maximum atomic E-state index is 5.77. The molecule has 2 rings (SSSR count). The molecule has 2 N–H and O–H groups in total. The third-order valence-electron chi connectivity index (χ3n) is 3.73. The molecule has 1 saturated heterocycles. The van der Waals surface area contributed by atoms with Crippen LogP contribution in [0, 0.1) is 0 Å². The van der Waals surface area contributed by atoms with E-state index in [9.17, 15) is 0 Å². The van der Waals surface area contributed by atoms with Gasteiger partial charge in [-0.25, -0.2) is 9.98 Å². The van der Waals surface area contributed by atoms with Crippen LogP contribution in [0.5, 0.6) is 0 Å². The summed E-state index contributed by atoms with van der Waals surface area (Å²) in [5.74, 6) is 1.79. The van der Waals surface area contributed by atoms with Crippen molar-refractivity contribution in [3.05, 3.63) is 36.5 Å². The van der Waals surface area contributed by atoms with Gasteiger partial charge in [0.2, 0.25) is 0 Å². The molecule has 2 atom stereocenters. The van der Waals surface area contributed by atoms with Crippen LogP contribution in [0.4, 0.5) is 5.82 Å². The number of anilines is 1. The molecule has 0 saturated carbocycles. The first-order valence-electron chi connectivity index (χ1n) is 8.60. The Balaban J connectivity index is 1.96. The fourth-order valence-corrected chi connectivity index (χ4v) is 2.74. The predicted molar refractivity (Wildman–Crippen MR) is 99.5 cm³/mol. The number of ether oxygens (including phenoxy) is 1. The Bertz CT molecular complexity index is 533. The molecule has 0 radical (unpaired) electrons. The second-order valence-corrected chi connectivity index (χ2v) is 6.05. The molecule has 0 bridgehead atoms. The molecule has 1 aliphatic rings. The maximum absolute atomic E-state index is 5.77. The first kappa shape index (κ1) is 18.3. The number of rotatable bonds is 6. The monoisotopic (exact) mass is 331 g/mol. The zero-order chi connectivity index (χ0) is 17.4. The highest BCUT2D eigenvalue weighted by Crippen LogP contribution is 2.18. The van der Waals surface area contributed by atoms with Gasteiger partial charge in [0, 0.05) is 32.4 Å². The van der Waals surface area contributed by atoms with Gasteiger partial charge in [0.1, 0.15) is 5.82 Å². The van der Waals surface area contributed by atoms with E-state index in [1.807, 2.05) is 19.2 Å². The van der Waals surface area contributed by atoms with Crippen LogP contribution in [0.2, 0.25) is 0 Å². The minimum absolute atomic E-state index is 0.235. The van der Waals surface area contributed by atoms with Gasteiger partial charge < -0.3 is 20.3 Å². The molecular weight excluding hydrogens is 302 g/mol. The average Bonchev–Trinajstić information content (AvgIpc) is 2.57. The highest BCUT2D eigenvalue weighted by atomic mass is 16.5. The number of nitrogens with one attached hydrogen (secondary N) is 2. The normalized spacial score (nSPS) is 21.5. The van der Waals surface area contributed by atoms with E-state index in [0.29, 0.717) is 13.1 Å². The number of aromatic nitrogens is 1. The van der Waals surface area contributed by atoms with E-state index in [1.165, 1.54) is 0 Å². The van der Waals surface area contributed by atoms with Gasteiger partial charge in [-0.15, -0.1) is 6.58 Å². The minimum Gasteiger partial charge on any atom is -0.372 e. The Morgan fingerprint density at radius 2 is 2.12 bits per heavy atom. The summed E-state index contributed by atoms with van der Waals surface area (Å²) in [6, 6.07) is 4.16. The molecule has 0 amide bonds. The van der Waals surface area contributed by atoms with Gasteiger partial charge in [0.25, 0.3) is 0 Å². The van der Waals surface area contributed by atoms with Gasteiger partial charge in [0.15, 0.2) is 5.96 Å². The van der Waals surface area contributed by atoms with E-state index in [4.69, 9.17) is 4.74 Å². The van der Waals surface area contributed by atoms with Crippen molar-refractivity contribution < 1.29 is 4.74 Å². The molecule has 132 valence electrons. The smallest absolute Gasteiger partial charge is 0.191 e. The van der Waals surface area contributed by atoms with E-state index in [0.717, 1.165) is 37.0 Å². The van der Waals surface area contributed by atoms with E-state index in [1.54, 1.807) is 0 Å². The maximum Gasteiger partial charge on any atom is 0.191 e. The minimum atomic E-state index is 0.235. The quantitative estimate of drug-likeness (QED) is 0.474. The van der Waals surface area contributed by atoms with Crippen LogP contribution in [0.25, 0.3) is 0 Å². The molecule has 0 aromatic carbocycles. The summed E-state index contributed by atoms with van der Waals surface area (Å²) in [6.07, 6.45) is 4.19. The second-order valence-electron chi connectivity index (χ2n) is 6.05. The molecule has 2 unspecified atom stereocenters. The van der Waals surface area contributed by atoms with Crippen molar-refractivity contribution in [1.29, 1.82) is 0 Å². The van der Waals surface area contributed by atoms with E-state index >= 15 is 0 Å². The molecule has 2 heterocycles. The SMILES string of the molecule is C=CCNC(=NCc1ccc(N2CC(C)OC(C)C2)nc1)NCC. The first-order valence-corrected chi connectivity index (χ1v) is 8.60. The number of pyridine rings is 1. The molecule has 0 aliphatic carbocycles. The van der Waals surface area contributed by atoms with Crippen molar-refractivity contribution in [2.75, 3.05) is 31.1 Å². The molecule has 6 nitrogen and oxygen atoms in total. The van der Waals surface area contributed by atoms with Gasteiger partial charge in [0.05, 0.1) is 18.8 Å². The number of aliphatic imine (C=N–C) groups is 1. The summed E-state index contributed by atoms with van der Waals surface area (Å²) in [5, 5.41) is 6.40. The van der Waals surface area contributed by atoms with Gasteiger partial charge in [-0.2, -0.15) is 0 Å². The fraction of sp³-hybridized carbons (Fsp3) is 0.556. The Kier molecular flexibility index (Phi) is 7.06. The summed E-state index contributed by atoms with van der Waals surface area (Å²) in [7, 11) is 0. The lowest BCUT2D eigenvalue weighted by atomic mass is 10.2. The predicted octanol–water partition coefficient (Wildman–Crippen LogP) is 1.94. The van der Waals surface area contributed by atoms with Crippen molar-refractivity contribution >= 4 is 11.8 Å². The van der Waals surface area contributed by atoms with Gasteiger partial charge in [-0.05, 0) is 32.4 Å². The summed E-state index contributed by atoms with van der Waals surface area (Å²) < 4.78 is 5.77. The standard InChI is InChI=1S/C18H29N5O/c1-5-9-20-18(19-6-2)22-11-16-7-8-17(21-10-16)23-12-14(3)24-15(4)13-23/h5,7-8,10,14-15H,1,6,9,11-13H2,2-4H3,(H2,19,20,22). The third-order valence-corrected chi connectivity index (χ3v) is 3.73. The van der Waals surface area contributed by atoms with Crippen LogP contribution in [0.3, 0.4) is 0 Å². The van der Waals surface area contributed by atoms with Gasteiger partial charge in [-0.1, -0.05) is 12.1 Å². The highest BCUT2D eigenvalue weighted by molar-refractivity contribution is 5.79. The van der Waals surface area contributed by atoms with Crippen molar-refractivity contribution in [2.45, 2.75) is 39.5 Å². The largest absolute Gasteiger partial charge is 0.372 e. The zero-order valence-corrected chi connectivity index (χ0v) is 15.0. The van der Waals surface area contributed by atoms with Crippen LogP contribution in [-0.2, 0) is 11.3 Å². The van der Waals surface area contributed by atoms with E-state index < -0.39 is 0 Å². The Morgan fingerprint density at radius 3 is 2.71 bits per heavy atom. The summed E-state index contributed by atoms with van der Waals surface area (Å²) in [5.41, 5.74) is 1.09. The molecule has 1 aromatic heterocycles. The molecule has 6 heteroatoms. The summed E-state index contributed by atoms with van der Waals surface area (Å²) in [4.78, 5) is 11.4. The van der Waals surface area contributed by atoms with Crippen LogP contribution < -0.4 is 15.5 Å². The lowest BCUT2D eigenvalue weighted by molar-refractivity contribution is -0.00545. The van der Waals surface area contributed by atoms with Crippen molar-refractivity contribution in [1.82, 2.24) is 15.6 Å². The fourth-order valence-electron chi connectivity index (χ4n) is 2.74. The summed E-state index contributed by atoms with van der Waals surface area (Å²) >= 11 is 0. The van der Waals surface area contributed by atoms with Crippen molar-refractivity contribution in [2.24, 2.45) is 4.99 Å². The van der Waals surface area contributed by atoms with E-state index in [-0.39, 0.29) is 12.2 Å².